The van der Waals surface area contributed by atoms with Crippen molar-refractivity contribution in [2.24, 2.45) is 5.92 Å². The van der Waals surface area contributed by atoms with E-state index in [2.05, 4.69) is 34.7 Å². The predicted molar refractivity (Wildman–Crippen MR) is 96.7 cm³/mol. The van der Waals surface area contributed by atoms with Crippen molar-refractivity contribution in [3.8, 4) is 0 Å². The number of nitrogens with zero attached hydrogens (tertiary/aromatic N) is 2. The van der Waals surface area contributed by atoms with Gasteiger partial charge < -0.3 is 0 Å². The van der Waals surface area contributed by atoms with Crippen LogP contribution in [0, 0.1) is 46.3 Å². The molecular formula is C20H20N2O2Sm. The molecule has 0 aliphatic rings. The molecule has 0 amide bonds. The van der Waals surface area contributed by atoms with Gasteiger partial charge in [-0.1, -0.05) is 18.2 Å². The van der Waals surface area contributed by atoms with E-state index in [0.29, 0.717) is 6.42 Å². The Bertz CT molecular complexity index is 824. The molecule has 4 nitrogen and oxygen atoms in total. The summed E-state index contributed by atoms with van der Waals surface area (Å²) < 4.78 is 0. The summed E-state index contributed by atoms with van der Waals surface area (Å²) in [6.07, 6.45) is 5.67. The van der Waals surface area contributed by atoms with Gasteiger partial charge in [-0.2, -0.15) is 0 Å². The normalized spacial score (nSPS) is 9.88. The van der Waals surface area contributed by atoms with Crippen molar-refractivity contribution in [1.29, 1.82) is 0 Å². The quantitative estimate of drug-likeness (QED) is 0.327. The summed E-state index contributed by atoms with van der Waals surface area (Å²) >= 11 is 0. The Hall–Kier alpha value is -1.54. The number of hydrogen-bond donors (Lipinski definition) is 0. The Kier molecular flexibility index (Phi) is 8.99. The third kappa shape index (κ3) is 5.74. The first-order chi connectivity index (χ1) is 11.5. The molecule has 0 N–H and O–H groups in total. The number of pyridine rings is 2. The first-order valence-corrected chi connectivity index (χ1v) is 7.75. The van der Waals surface area contributed by atoms with Gasteiger partial charge in [-0.05, 0) is 44.5 Å². The standard InChI is InChI=1S/C12H8N2.C8H12O2.Sm/c1-3-9-5-6-11-10(4-2-7-13-11)12(9)14-8-1;1-4-5-8(6(2)9)7(3)10;/h1-8H;4,8H,1,5H2,2-3H3;. The van der Waals surface area contributed by atoms with Crippen LogP contribution in [-0.4, -0.2) is 21.5 Å². The van der Waals surface area contributed by atoms with Crippen molar-refractivity contribution < 1.29 is 50.0 Å². The topological polar surface area (TPSA) is 59.9 Å². The van der Waals surface area contributed by atoms with Gasteiger partial charge >= 0.3 is 0 Å². The number of benzene rings is 1. The minimum absolute atomic E-state index is 0. The number of hydrogen-bond acceptors (Lipinski definition) is 4. The molecular weight excluding hydrogens is 451 g/mol. The molecule has 2 heterocycles. The molecule has 25 heavy (non-hydrogen) atoms. The van der Waals surface area contributed by atoms with Gasteiger partial charge in [0.25, 0.3) is 0 Å². The van der Waals surface area contributed by atoms with Crippen molar-refractivity contribution in [1.82, 2.24) is 9.97 Å². The Balaban J connectivity index is 0.000000257. The number of fused-ring (bicyclic) bond motifs is 3. The van der Waals surface area contributed by atoms with Gasteiger partial charge in [0.2, 0.25) is 0 Å². The largest absolute Gasteiger partial charge is 0.299 e. The van der Waals surface area contributed by atoms with Crippen LogP contribution in [-0.2, 0) is 9.59 Å². The van der Waals surface area contributed by atoms with E-state index in [-0.39, 0.29) is 52.0 Å². The molecule has 0 bridgehead atoms. The van der Waals surface area contributed by atoms with Gasteiger partial charge in [-0.3, -0.25) is 19.6 Å². The molecule has 1 aromatic carbocycles. The maximum absolute atomic E-state index is 10.7. The number of rotatable bonds is 4. The SMILES string of the molecule is C=CCC(C(C)=O)C(C)=O.[Sm].c1cnc2c(c1)ccc1ncccc12. The van der Waals surface area contributed by atoms with Crippen molar-refractivity contribution in [2.45, 2.75) is 20.3 Å². The average molecular weight is 471 g/mol. The van der Waals surface area contributed by atoms with Crippen molar-refractivity contribution in [2.75, 3.05) is 0 Å². The van der Waals surface area contributed by atoms with Gasteiger partial charge in [0.1, 0.15) is 11.6 Å². The van der Waals surface area contributed by atoms with E-state index in [1.807, 2.05) is 24.4 Å². The van der Waals surface area contributed by atoms with E-state index in [9.17, 15) is 9.59 Å². The van der Waals surface area contributed by atoms with Crippen LogP contribution in [0.15, 0.2) is 61.4 Å². The summed E-state index contributed by atoms with van der Waals surface area (Å²) in [6.45, 7) is 6.31. The molecule has 0 saturated heterocycles. The molecule has 128 valence electrons. The summed E-state index contributed by atoms with van der Waals surface area (Å²) in [4.78, 5) is 30.1. The minimum Gasteiger partial charge on any atom is -0.299 e. The Labute approximate surface area is 179 Å². The maximum Gasteiger partial charge on any atom is 0.140 e. The Morgan fingerprint density at radius 3 is 2.28 bits per heavy atom. The fourth-order valence-electron chi connectivity index (χ4n) is 2.48. The number of aromatic nitrogens is 2. The second-order valence-corrected chi connectivity index (χ2v) is 5.51. The van der Waals surface area contributed by atoms with Crippen LogP contribution in [0.1, 0.15) is 20.3 Å². The molecule has 0 aliphatic heterocycles. The summed E-state index contributed by atoms with van der Waals surface area (Å²) in [5, 5.41) is 2.28. The summed E-state index contributed by atoms with van der Waals surface area (Å²) in [6, 6.07) is 12.1. The molecule has 0 saturated carbocycles. The van der Waals surface area contributed by atoms with Gasteiger partial charge in [0, 0.05) is 63.6 Å². The number of carbonyl (C=O) groups excluding carboxylic acids is 2. The third-order valence-corrected chi connectivity index (χ3v) is 3.74. The van der Waals surface area contributed by atoms with Crippen LogP contribution < -0.4 is 0 Å². The van der Waals surface area contributed by atoms with E-state index < -0.39 is 5.92 Å². The number of allylic oxidation sites excluding steroid dienone is 1. The second kappa shape index (κ2) is 10.4. The van der Waals surface area contributed by atoms with E-state index >= 15 is 0 Å². The third-order valence-electron chi connectivity index (χ3n) is 3.74. The molecule has 0 radical (unpaired) electrons. The zero-order valence-corrected chi connectivity index (χ0v) is 16.9. The van der Waals surface area contributed by atoms with Crippen LogP contribution in [0.25, 0.3) is 21.8 Å². The van der Waals surface area contributed by atoms with Gasteiger partial charge in [-0.25, -0.2) is 0 Å². The maximum atomic E-state index is 10.7. The predicted octanol–water partition coefficient (Wildman–Crippen LogP) is 4.14. The number of Topliss-reactive ketones (excluding diaryl/α,β-unsaturated/α-hetero) is 2. The number of ketones is 2. The molecule has 3 aromatic rings. The Morgan fingerprint density at radius 2 is 1.68 bits per heavy atom. The zero-order chi connectivity index (χ0) is 17.5. The molecule has 2 aromatic heterocycles. The fourth-order valence-corrected chi connectivity index (χ4v) is 2.48. The van der Waals surface area contributed by atoms with Crippen molar-refractivity contribution in [3.05, 3.63) is 61.4 Å². The van der Waals surface area contributed by atoms with Crippen LogP contribution >= 0.6 is 0 Å². The van der Waals surface area contributed by atoms with E-state index in [4.69, 9.17) is 0 Å². The molecule has 0 unspecified atom stereocenters. The van der Waals surface area contributed by atoms with Crippen LogP contribution in [0.2, 0.25) is 0 Å². The van der Waals surface area contributed by atoms with E-state index in [0.717, 1.165) is 21.8 Å². The number of carbonyl (C=O) groups is 2. The van der Waals surface area contributed by atoms with Crippen LogP contribution in [0.5, 0.6) is 0 Å². The van der Waals surface area contributed by atoms with Crippen molar-refractivity contribution >= 4 is 33.4 Å². The molecule has 0 aliphatic carbocycles. The smallest absolute Gasteiger partial charge is 0.140 e. The van der Waals surface area contributed by atoms with Crippen LogP contribution in [0.4, 0.5) is 0 Å². The van der Waals surface area contributed by atoms with Crippen LogP contribution in [0.3, 0.4) is 0 Å². The molecule has 0 atom stereocenters. The molecule has 0 spiro atoms. The van der Waals surface area contributed by atoms with E-state index in [1.165, 1.54) is 13.8 Å². The van der Waals surface area contributed by atoms with Gasteiger partial charge in [0.05, 0.1) is 17.0 Å². The molecule has 0 fully saturated rings. The summed E-state index contributed by atoms with van der Waals surface area (Å²) in [5.41, 5.74) is 2.02. The van der Waals surface area contributed by atoms with Gasteiger partial charge in [-0.15, -0.1) is 6.58 Å². The summed E-state index contributed by atoms with van der Waals surface area (Å²) in [7, 11) is 0. The Morgan fingerprint density at radius 1 is 1.04 bits per heavy atom. The monoisotopic (exact) mass is 472 g/mol. The fraction of sp³-hybridized carbons (Fsp3) is 0.200. The summed E-state index contributed by atoms with van der Waals surface area (Å²) in [5.74, 6) is -0.614. The first kappa shape index (κ1) is 21.5. The van der Waals surface area contributed by atoms with Crippen molar-refractivity contribution in [3.63, 3.8) is 0 Å². The average Bonchev–Trinajstić information content (AvgIpc) is 2.59. The molecule has 3 rings (SSSR count). The molecule has 5 heteroatoms. The van der Waals surface area contributed by atoms with E-state index in [1.54, 1.807) is 12.3 Å². The zero-order valence-electron chi connectivity index (χ0n) is 14.3. The minimum atomic E-state index is -0.461. The first-order valence-electron chi connectivity index (χ1n) is 7.75. The second-order valence-electron chi connectivity index (χ2n) is 5.51. The van der Waals surface area contributed by atoms with Gasteiger partial charge in [0.15, 0.2) is 0 Å².